The summed E-state index contributed by atoms with van der Waals surface area (Å²) >= 11 is 0. The van der Waals surface area contributed by atoms with Gasteiger partial charge in [-0.25, -0.2) is 0 Å². The van der Waals surface area contributed by atoms with Crippen molar-refractivity contribution in [3.8, 4) is 5.75 Å². The van der Waals surface area contributed by atoms with Crippen molar-refractivity contribution >= 4 is 11.9 Å². The normalized spacial score (nSPS) is 12.6. The van der Waals surface area contributed by atoms with E-state index in [1.807, 2.05) is 12.1 Å². The third kappa shape index (κ3) is 9.87. The lowest BCUT2D eigenvalue weighted by molar-refractivity contribution is -0.140. The lowest BCUT2D eigenvalue weighted by atomic mass is 10.1. The topological polar surface area (TPSA) is 72.0 Å². The van der Waals surface area contributed by atoms with E-state index < -0.39 is 0 Å². The fourth-order valence-corrected chi connectivity index (χ4v) is 2.48. The average molecular weight is 378 g/mol. The van der Waals surface area contributed by atoms with E-state index in [2.05, 4.69) is 53.3 Å². The number of carbonyl (C=O) groups excluding carboxylic acids is 1. The highest BCUT2D eigenvalue weighted by Gasteiger charge is 2.08. The molecule has 0 fully saturated rings. The number of esters is 1. The number of nitrogens with one attached hydrogen (secondary N) is 2. The van der Waals surface area contributed by atoms with Gasteiger partial charge in [-0.3, -0.25) is 9.79 Å². The van der Waals surface area contributed by atoms with Crippen molar-refractivity contribution in [2.75, 3.05) is 27.3 Å². The summed E-state index contributed by atoms with van der Waals surface area (Å²) in [6.07, 6.45) is 3.29. The van der Waals surface area contributed by atoms with Crippen LogP contribution in [0.2, 0.25) is 0 Å². The van der Waals surface area contributed by atoms with Gasteiger partial charge in [0.25, 0.3) is 0 Å². The van der Waals surface area contributed by atoms with Crippen LogP contribution in [-0.2, 0) is 9.53 Å². The minimum atomic E-state index is -0.144. The molecule has 0 saturated carbocycles. The fourth-order valence-electron chi connectivity index (χ4n) is 2.48. The number of benzene rings is 1. The van der Waals surface area contributed by atoms with Gasteiger partial charge in [0.1, 0.15) is 5.75 Å². The van der Waals surface area contributed by atoms with Crippen LogP contribution < -0.4 is 15.4 Å². The van der Waals surface area contributed by atoms with E-state index in [1.165, 1.54) is 12.7 Å². The first-order valence-corrected chi connectivity index (χ1v) is 9.73. The minimum Gasteiger partial charge on any atom is -0.493 e. The zero-order chi connectivity index (χ0) is 20.1. The Kier molecular flexibility index (Phi) is 11.0. The molecule has 1 unspecified atom stereocenters. The van der Waals surface area contributed by atoms with Crippen LogP contribution in [0.3, 0.4) is 0 Å². The molecule has 0 aromatic heterocycles. The summed E-state index contributed by atoms with van der Waals surface area (Å²) in [5.74, 6) is 2.04. The molecule has 1 aromatic rings. The highest BCUT2D eigenvalue weighted by Crippen LogP contribution is 2.18. The van der Waals surface area contributed by atoms with Crippen LogP contribution in [0.4, 0.5) is 0 Å². The van der Waals surface area contributed by atoms with E-state index in [-0.39, 0.29) is 12.0 Å². The van der Waals surface area contributed by atoms with Crippen LogP contribution in [0.25, 0.3) is 0 Å². The summed E-state index contributed by atoms with van der Waals surface area (Å²) in [4.78, 5) is 15.3. The van der Waals surface area contributed by atoms with Crippen molar-refractivity contribution in [1.82, 2.24) is 10.6 Å². The molecule has 152 valence electrons. The standard InChI is InChI=1S/C21H35N3O3/c1-16(2)15-27-19-12-10-18(11-13-19)17(3)24-21(22-4)23-14-8-6-7-9-20(25)26-5/h10-13,16-17H,6-9,14-15H2,1-5H3,(H2,22,23,24). The van der Waals surface area contributed by atoms with E-state index in [9.17, 15) is 4.79 Å². The second kappa shape index (κ2) is 13.0. The second-order valence-corrected chi connectivity index (χ2v) is 7.03. The number of aliphatic imine (C=N–C) groups is 1. The first kappa shape index (κ1) is 22.8. The molecule has 0 spiro atoms. The van der Waals surface area contributed by atoms with Gasteiger partial charge >= 0.3 is 5.97 Å². The molecule has 1 rings (SSSR count). The summed E-state index contributed by atoms with van der Waals surface area (Å²) < 4.78 is 10.4. The van der Waals surface area contributed by atoms with Crippen LogP contribution in [0, 0.1) is 5.92 Å². The number of rotatable bonds is 11. The van der Waals surface area contributed by atoms with Gasteiger partial charge in [-0.2, -0.15) is 0 Å². The largest absolute Gasteiger partial charge is 0.493 e. The quantitative estimate of drug-likeness (QED) is 0.266. The van der Waals surface area contributed by atoms with Gasteiger partial charge in [-0.05, 0) is 43.4 Å². The summed E-state index contributed by atoms with van der Waals surface area (Å²) in [6.45, 7) is 7.92. The van der Waals surface area contributed by atoms with Gasteiger partial charge in [0.05, 0.1) is 19.8 Å². The van der Waals surface area contributed by atoms with Crippen LogP contribution in [-0.4, -0.2) is 39.2 Å². The van der Waals surface area contributed by atoms with Gasteiger partial charge in [0.15, 0.2) is 5.96 Å². The number of hydrogen-bond donors (Lipinski definition) is 2. The number of hydrogen-bond acceptors (Lipinski definition) is 4. The van der Waals surface area contributed by atoms with Gasteiger partial charge < -0.3 is 20.1 Å². The van der Waals surface area contributed by atoms with E-state index in [4.69, 9.17) is 4.74 Å². The molecular weight excluding hydrogens is 342 g/mol. The summed E-state index contributed by atoms with van der Waals surface area (Å²) in [7, 11) is 3.19. The predicted molar refractivity (Wildman–Crippen MR) is 110 cm³/mol. The molecule has 0 aliphatic heterocycles. The molecule has 0 aliphatic rings. The van der Waals surface area contributed by atoms with Gasteiger partial charge in [0, 0.05) is 20.0 Å². The highest BCUT2D eigenvalue weighted by atomic mass is 16.5. The molecule has 0 aliphatic carbocycles. The Morgan fingerprint density at radius 3 is 2.41 bits per heavy atom. The fraction of sp³-hybridized carbons (Fsp3) is 0.619. The number of unbranched alkanes of at least 4 members (excludes halogenated alkanes) is 2. The second-order valence-electron chi connectivity index (χ2n) is 7.03. The van der Waals surface area contributed by atoms with Crippen molar-refractivity contribution in [3.05, 3.63) is 29.8 Å². The van der Waals surface area contributed by atoms with Crippen LogP contribution in [0.5, 0.6) is 5.75 Å². The maximum absolute atomic E-state index is 11.1. The van der Waals surface area contributed by atoms with Gasteiger partial charge in [-0.15, -0.1) is 0 Å². The molecule has 6 nitrogen and oxygen atoms in total. The van der Waals surface area contributed by atoms with Crippen molar-refractivity contribution < 1.29 is 14.3 Å². The molecule has 1 atom stereocenters. The first-order chi connectivity index (χ1) is 13.0. The Hall–Kier alpha value is -2.24. The van der Waals surface area contributed by atoms with E-state index in [0.717, 1.165) is 44.1 Å². The number of carbonyl (C=O) groups is 1. The molecule has 0 radical (unpaired) electrons. The lowest BCUT2D eigenvalue weighted by Gasteiger charge is -2.19. The Bertz CT molecular complexity index is 571. The smallest absolute Gasteiger partial charge is 0.305 e. The molecular formula is C21H35N3O3. The monoisotopic (exact) mass is 377 g/mol. The molecule has 2 N–H and O–H groups in total. The molecule has 1 aromatic carbocycles. The Morgan fingerprint density at radius 1 is 1.11 bits per heavy atom. The Morgan fingerprint density at radius 2 is 1.81 bits per heavy atom. The number of nitrogens with zero attached hydrogens (tertiary/aromatic N) is 1. The molecule has 0 bridgehead atoms. The highest BCUT2D eigenvalue weighted by molar-refractivity contribution is 5.80. The lowest BCUT2D eigenvalue weighted by Crippen LogP contribution is -2.39. The van der Waals surface area contributed by atoms with E-state index >= 15 is 0 Å². The third-order valence-corrected chi connectivity index (χ3v) is 4.12. The van der Waals surface area contributed by atoms with E-state index in [0.29, 0.717) is 12.3 Å². The van der Waals surface area contributed by atoms with Crippen molar-refractivity contribution in [2.45, 2.75) is 52.5 Å². The molecule has 0 amide bonds. The molecule has 0 heterocycles. The van der Waals surface area contributed by atoms with E-state index in [1.54, 1.807) is 7.05 Å². The Labute approximate surface area is 163 Å². The van der Waals surface area contributed by atoms with Crippen molar-refractivity contribution in [2.24, 2.45) is 10.9 Å². The van der Waals surface area contributed by atoms with Crippen LogP contribution in [0.15, 0.2) is 29.3 Å². The number of guanidine groups is 1. The molecule has 27 heavy (non-hydrogen) atoms. The first-order valence-electron chi connectivity index (χ1n) is 9.73. The van der Waals surface area contributed by atoms with Crippen molar-refractivity contribution in [3.63, 3.8) is 0 Å². The van der Waals surface area contributed by atoms with Gasteiger partial charge in [-0.1, -0.05) is 32.4 Å². The number of ether oxygens (including phenoxy) is 2. The van der Waals surface area contributed by atoms with Crippen LogP contribution in [0.1, 0.15) is 58.1 Å². The summed E-state index contributed by atoms with van der Waals surface area (Å²) in [5.41, 5.74) is 1.17. The third-order valence-electron chi connectivity index (χ3n) is 4.12. The zero-order valence-corrected chi connectivity index (χ0v) is 17.4. The summed E-state index contributed by atoms with van der Waals surface area (Å²) in [6, 6.07) is 8.30. The Balaban J connectivity index is 2.34. The average Bonchev–Trinajstić information content (AvgIpc) is 2.67. The minimum absolute atomic E-state index is 0.134. The van der Waals surface area contributed by atoms with Crippen molar-refractivity contribution in [1.29, 1.82) is 0 Å². The molecule has 0 saturated heterocycles. The van der Waals surface area contributed by atoms with Crippen LogP contribution >= 0.6 is 0 Å². The SMILES string of the molecule is CN=C(NCCCCCC(=O)OC)NC(C)c1ccc(OCC(C)C)cc1. The molecule has 6 heteroatoms. The predicted octanol–water partition coefficient (Wildman–Crippen LogP) is 3.68. The number of methoxy groups -OCH3 is 1. The van der Waals surface area contributed by atoms with Gasteiger partial charge in [0.2, 0.25) is 0 Å². The maximum atomic E-state index is 11.1. The maximum Gasteiger partial charge on any atom is 0.305 e. The summed E-state index contributed by atoms with van der Waals surface area (Å²) in [5, 5.41) is 6.71. The zero-order valence-electron chi connectivity index (χ0n) is 17.4.